The van der Waals surface area contributed by atoms with Gasteiger partial charge in [-0.15, -0.1) is 0 Å². The van der Waals surface area contributed by atoms with Crippen LogP contribution in [0.2, 0.25) is 0 Å². The summed E-state index contributed by atoms with van der Waals surface area (Å²) >= 11 is 0. The Morgan fingerprint density at radius 1 is 0.485 bits per heavy atom. The van der Waals surface area contributed by atoms with Crippen molar-refractivity contribution >= 4 is 49.7 Å². The molecular weight excluding hydrogens is 821 g/mol. The largest absolute Gasteiger partial charge is 0.354 e. The van der Waals surface area contributed by atoms with Gasteiger partial charge < -0.3 is 9.88 Å². The highest BCUT2D eigenvalue weighted by Gasteiger charge is 2.45. The molecule has 1 aromatic heterocycles. The van der Waals surface area contributed by atoms with E-state index in [2.05, 4.69) is 244 Å². The summed E-state index contributed by atoms with van der Waals surface area (Å²) in [5.74, 6) is 0. The number of allylic oxidation sites excluding steroid dienone is 1. The minimum absolute atomic E-state index is 0.0443. The van der Waals surface area contributed by atoms with Crippen LogP contribution in [-0.2, 0) is 27.1 Å². The van der Waals surface area contributed by atoms with Gasteiger partial charge in [-0.1, -0.05) is 185 Å². The first-order valence-electron chi connectivity index (χ1n) is 25.0. The van der Waals surface area contributed by atoms with Crippen molar-refractivity contribution in [3.05, 3.63) is 197 Å². The molecule has 0 atom stereocenters. The molecule has 0 saturated carbocycles. The summed E-state index contributed by atoms with van der Waals surface area (Å²) in [6.45, 7) is 26.7. The molecule has 9 aromatic rings. The molecular formula is C66H64N2. The number of hydrogen-bond acceptors (Lipinski definition) is 1. The smallest absolute Gasteiger partial charge is 0.0551 e. The molecule has 0 spiro atoms. The van der Waals surface area contributed by atoms with Gasteiger partial charge in [-0.2, -0.15) is 0 Å². The van der Waals surface area contributed by atoms with Gasteiger partial charge in [-0.05, 0) is 144 Å². The predicted octanol–water partition coefficient (Wildman–Crippen LogP) is 18.2. The number of H-pyrrole nitrogens is 1. The van der Waals surface area contributed by atoms with E-state index in [1.807, 2.05) is 0 Å². The van der Waals surface area contributed by atoms with E-state index < -0.39 is 0 Å². The number of aromatic amines is 1. The van der Waals surface area contributed by atoms with Crippen molar-refractivity contribution in [2.45, 2.75) is 116 Å². The maximum absolute atomic E-state index is 3.97. The highest BCUT2D eigenvalue weighted by Crippen LogP contribution is 2.59. The second-order valence-electron chi connectivity index (χ2n) is 23.8. The fourth-order valence-electron chi connectivity index (χ4n) is 12.6. The lowest BCUT2D eigenvalue weighted by atomic mass is 9.62. The van der Waals surface area contributed by atoms with E-state index >= 15 is 0 Å². The van der Waals surface area contributed by atoms with Crippen LogP contribution in [0.1, 0.15) is 128 Å². The summed E-state index contributed by atoms with van der Waals surface area (Å²) in [6.07, 6.45) is 4.96. The topological polar surface area (TPSA) is 19.0 Å². The van der Waals surface area contributed by atoms with E-state index in [9.17, 15) is 0 Å². The number of aromatic nitrogens is 1. The van der Waals surface area contributed by atoms with Crippen LogP contribution in [0.3, 0.4) is 0 Å². The quantitative estimate of drug-likeness (QED) is 0.182. The molecule has 2 nitrogen and oxygen atoms in total. The van der Waals surface area contributed by atoms with E-state index in [0.29, 0.717) is 0 Å². The fraction of sp³-hybridized carbons (Fsp3) is 0.273. The van der Waals surface area contributed by atoms with Crippen molar-refractivity contribution in [3.8, 4) is 33.4 Å². The minimum Gasteiger partial charge on any atom is -0.354 e. The van der Waals surface area contributed by atoms with Gasteiger partial charge in [0.25, 0.3) is 0 Å². The average Bonchev–Trinajstić information content (AvgIpc) is 3.92. The number of benzene rings is 8. The van der Waals surface area contributed by atoms with Crippen LogP contribution in [0, 0.1) is 0 Å². The number of fused-ring (bicyclic) bond motifs is 10. The van der Waals surface area contributed by atoms with Gasteiger partial charge in [0.1, 0.15) is 0 Å². The third kappa shape index (κ3) is 6.28. The molecule has 12 rings (SSSR count). The Balaban J connectivity index is 1.24. The second kappa shape index (κ2) is 14.4. The lowest BCUT2D eigenvalue weighted by Gasteiger charge is -2.43. The summed E-state index contributed by atoms with van der Waals surface area (Å²) < 4.78 is 0. The fourth-order valence-corrected chi connectivity index (χ4v) is 12.6. The van der Waals surface area contributed by atoms with Gasteiger partial charge in [-0.25, -0.2) is 0 Å². The molecule has 3 aliphatic carbocycles. The molecule has 338 valence electrons. The molecule has 0 unspecified atom stereocenters. The number of hydrogen-bond donors (Lipinski definition) is 1. The maximum Gasteiger partial charge on any atom is 0.0551 e. The van der Waals surface area contributed by atoms with Gasteiger partial charge in [0.05, 0.1) is 22.6 Å². The molecule has 0 radical (unpaired) electrons. The molecule has 0 aliphatic heterocycles. The first kappa shape index (κ1) is 42.7. The number of nitrogens with zero attached hydrogens (tertiary/aromatic N) is 1. The van der Waals surface area contributed by atoms with Crippen molar-refractivity contribution in [2.24, 2.45) is 0 Å². The molecule has 0 fully saturated rings. The van der Waals surface area contributed by atoms with Crippen LogP contribution in [0.5, 0.6) is 0 Å². The SMILES string of the molecule is CC(C)(C)c1ccc(N(C2=CC(C)(C)c3cc4c(cc32)C(C)(C)CCC4(C)C)c2cc(-c3cc4ccccc4c4c3[nH]c3ccccc34)cc3c2C(C)(C)c2ccccc2-3)c(-c2ccccc2)c1. The van der Waals surface area contributed by atoms with Crippen molar-refractivity contribution in [2.75, 3.05) is 4.90 Å². The first-order chi connectivity index (χ1) is 32.3. The van der Waals surface area contributed by atoms with Crippen LogP contribution in [0.15, 0.2) is 158 Å². The molecule has 1 heterocycles. The van der Waals surface area contributed by atoms with Gasteiger partial charge in [0.2, 0.25) is 0 Å². The Bertz CT molecular complexity index is 3600. The summed E-state index contributed by atoms with van der Waals surface area (Å²) in [6, 6.07) is 58.2. The van der Waals surface area contributed by atoms with Crippen molar-refractivity contribution in [3.63, 3.8) is 0 Å². The van der Waals surface area contributed by atoms with E-state index in [0.717, 1.165) is 5.52 Å². The summed E-state index contributed by atoms with van der Waals surface area (Å²) in [5.41, 5.74) is 22.9. The number of nitrogens with one attached hydrogen (secondary N) is 1. The van der Waals surface area contributed by atoms with Gasteiger partial charge in [0, 0.05) is 43.8 Å². The van der Waals surface area contributed by atoms with Crippen LogP contribution in [0.25, 0.3) is 71.7 Å². The Morgan fingerprint density at radius 2 is 1.15 bits per heavy atom. The number of anilines is 2. The molecule has 0 bridgehead atoms. The van der Waals surface area contributed by atoms with Crippen LogP contribution in [-0.4, -0.2) is 4.98 Å². The van der Waals surface area contributed by atoms with Gasteiger partial charge in [0.15, 0.2) is 0 Å². The molecule has 68 heavy (non-hydrogen) atoms. The zero-order valence-corrected chi connectivity index (χ0v) is 41.9. The Morgan fingerprint density at radius 3 is 1.90 bits per heavy atom. The third-order valence-corrected chi connectivity index (χ3v) is 16.6. The van der Waals surface area contributed by atoms with Crippen molar-refractivity contribution < 1.29 is 0 Å². The lowest BCUT2D eigenvalue weighted by molar-refractivity contribution is 0.331. The summed E-state index contributed by atoms with van der Waals surface area (Å²) in [5, 5.41) is 5.05. The van der Waals surface area contributed by atoms with Crippen LogP contribution >= 0.6 is 0 Å². The molecule has 8 aromatic carbocycles. The Labute approximate surface area is 403 Å². The van der Waals surface area contributed by atoms with E-state index in [1.54, 1.807) is 0 Å². The molecule has 0 saturated heterocycles. The summed E-state index contributed by atoms with van der Waals surface area (Å²) in [4.78, 5) is 6.69. The summed E-state index contributed by atoms with van der Waals surface area (Å²) in [7, 11) is 0. The number of rotatable bonds is 5. The third-order valence-electron chi connectivity index (χ3n) is 16.6. The van der Waals surface area contributed by atoms with Crippen molar-refractivity contribution in [1.29, 1.82) is 0 Å². The van der Waals surface area contributed by atoms with E-state index in [1.165, 1.54) is 129 Å². The highest BCUT2D eigenvalue weighted by molar-refractivity contribution is 6.24. The highest BCUT2D eigenvalue weighted by atomic mass is 15.2. The molecule has 1 N–H and O–H groups in total. The van der Waals surface area contributed by atoms with Crippen molar-refractivity contribution in [1.82, 2.24) is 4.98 Å². The predicted molar refractivity (Wildman–Crippen MR) is 292 cm³/mol. The molecule has 3 aliphatic rings. The normalized spacial score (nSPS) is 17.2. The zero-order valence-electron chi connectivity index (χ0n) is 41.9. The second-order valence-corrected chi connectivity index (χ2v) is 23.8. The average molecular weight is 885 g/mol. The number of para-hydroxylation sites is 1. The Hall–Kier alpha value is -6.64. The van der Waals surface area contributed by atoms with Gasteiger partial charge >= 0.3 is 0 Å². The monoisotopic (exact) mass is 885 g/mol. The first-order valence-corrected chi connectivity index (χ1v) is 25.0. The van der Waals surface area contributed by atoms with E-state index in [4.69, 9.17) is 0 Å². The molecule has 0 amide bonds. The Kier molecular flexibility index (Phi) is 9.07. The van der Waals surface area contributed by atoms with Crippen LogP contribution < -0.4 is 4.90 Å². The molecule has 2 heteroatoms. The minimum atomic E-state index is -0.296. The standard InChI is InChI=1S/C66H64N2/c1-62(2,3)43-29-30-56(47(36-43)40-21-13-12-14-22-40)68(58-39-65(8,9)52-38-54-53(37-50(52)58)63(4,5)31-32-64(54,6)7)57-35-42(34-49-45-25-17-19-27-51(45)66(10,11)60(49)57)48-33-41-23-15-16-24-44(41)59-46-26-18-20-28-55(46)67-61(48)59/h12-30,33-39,67H,31-32H2,1-11H3. The maximum atomic E-state index is 3.97. The zero-order chi connectivity index (χ0) is 47.3. The van der Waals surface area contributed by atoms with Crippen LogP contribution in [0.4, 0.5) is 11.4 Å². The van der Waals surface area contributed by atoms with E-state index in [-0.39, 0.29) is 27.1 Å². The van der Waals surface area contributed by atoms with Gasteiger partial charge in [-0.3, -0.25) is 0 Å². The lowest BCUT2D eigenvalue weighted by Crippen LogP contribution is -2.34.